The number of carbonyl (C=O) groups is 1. The van der Waals surface area contributed by atoms with E-state index in [4.69, 9.17) is 4.74 Å². The quantitative estimate of drug-likeness (QED) is 0.868. The molecule has 1 saturated heterocycles. The summed E-state index contributed by atoms with van der Waals surface area (Å²) in [5.41, 5.74) is 0.900. The van der Waals surface area contributed by atoms with Crippen molar-refractivity contribution < 1.29 is 19.0 Å². The fourth-order valence-corrected chi connectivity index (χ4v) is 2.89. The number of hydrogen-bond acceptors (Lipinski definition) is 4. The van der Waals surface area contributed by atoms with Gasteiger partial charge in [0.1, 0.15) is 6.04 Å². The van der Waals surface area contributed by atoms with Crippen LogP contribution in [0.5, 0.6) is 5.75 Å². The number of halogens is 1. The Bertz CT molecular complexity index is 516. The van der Waals surface area contributed by atoms with Gasteiger partial charge in [-0.25, -0.2) is 4.39 Å². The molecule has 2 rings (SSSR count). The Labute approximate surface area is 130 Å². The maximum absolute atomic E-state index is 13.7. The van der Waals surface area contributed by atoms with Crippen molar-refractivity contribution >= 4 is 5.97 Å². The predicted molar refractivity (Wildman–Crippen MR) is 81.5 cm³/mol. The van der Waals surface area contributed by atoms with Gasteiger partial charge >= 0.3 is 5.97 Å². The zero-order valence-corrected chi connectivity index (χ0v) is 13.1. The third-order valence-corrected chi connectivity index (χ3v) is 4.14. The highest BCUT2D eigenvalue weighted by molar-refractivity contribution is 5.73. The Hall–Kier alpha value is -1.66. The van der Waals surface area contributed by atoms with Gasteiger partial charge in [0.05, 0.1) is 7.11 Å². The zero-order valence-electron chi connectivity index (χ0n) is 13.1. The summed E-state index contributed by atoms with van der Waals surface area (Å²) in [7, 11) is 1.45. The molecule has 0 bridgehead atoms. The summed E-state index contributed by atoms with van der Waals surface area (Å²) in [6.45, 7) is 5.59. The SMILES string of the molecule is CCC(C(=O)O)N1CCN(Cc2ccc(OC)c(F)c2)CC1. The minimum absolute atomic E-state index is 0.251. The number of rotatable bonds is 6. The molecule has 1 aromatic rings. The Morgan fingerprint density at radius 2 is 2.05 bits per heavy atom. The molecule has 0 radical (unpaired) electrons. The number of nitrogens with zero attached hydrogens (tertiary/aromatic N) is 2. The van der Waals surface area contributed by atoms with E-state index in [1.807, 2.05) is 17.9 Å². The van der Waals surface area contributed by atoms with E-state index in [0.717, 1.165) is 31.7 Å². The van der Waals surface area contributed by atoms with Crippen LogP contribution in [0.3, 0.4) is 0 Å². The number of piperazine rings is 1. The maximum Gasteiger partial charge on any atom is 0.320 e. The highest BCUT2D eigenvalue weighted by Crippen LogP contribution is 2.19. The van der Waals surface area contributed by atoms with Gasteiger partial charge in [0.15, 0.2) is 11.6 Å². The highest BCUT2D eigenvalue weighted by atomic mass is 19.1. The number of ether oxygens (including phenoxy) is 1. The number of methoxy groups -OCH3 is 1. The van der Waals surface area contributed by atoms with Crippen LogP contribution in [0.1, 0.15) is 18.9 Å². The van der Waals surface area contributed by atoms with Crippen LogP contribution < -0.4 is 4.74 Å². The molecule has 1 atom stereocenters. The molecule has 1 aromatic carbocycles. The van der Waals surface area contributed by atoms with Crippen molar-refractivity contribution in [2.45, 2.75) is 25.9 Å². The van der Waals surface area contributed by atoms with Crippen LogP contribution in [0.4, 0.5) is 4.39 Å². The first-order valence-electron chi connectivity index (χ1n) is 7.56. The lowest BCUT2D eigenvalue weighted by Crippen LogP contribution is -2.52. The first kappa shape index (κ1) is 16.7. The molecule has 1 unspecified atom stereocenters. The summed E-state index contributed by atoms with van der Waals surface area (Å²) in [6, 6.07) is 4.59. The average molecular weight is 310 g/mol. The molecule has 1 aliphatic heterocycles. The molecule has 22 heavy (non-hydrogen) atoms. The van der Waals surface area contributed by atoms with Gasteiger partial charge < -0.3 is 9.84 Å². The van der Waals surface area contributed by atoms with Crippen molar-refractivity contribution in [2.24, 2.45) is 0 Å². The summed E-state index contributed by atoms with van der Waals surface area (Å²) in [4.78, 5) is 15.4. The summed E-state index contributed by atoms with van der Waals surface area (Å²) >= 11 is 0. The lowest BCUT2D eigenvalue weighted by atomic mass is 10.1. The van der Waals surface area contributed by atoms with E-state index >= 15 is 0 Å². The second kappa shape index (κ2) is 7.56. The van der Waals surface area contributed by atoms with Gasteiger partial charge in [-0.05, 0) is 24.1 Å². The van der Waals surface area contributed by atoms with Gasteiger partial charge in [-0.2, -0.15) is 0 Å². The van der Waals surface area contributed by atoms with E-state index in [0.29, 0.717) is 13.0 Å². The minimum Gasteiger partial charge on any atom is -0.494 e. The lowest BCUT2D eigenvalue weighted by molar-refractivity contribution is -0.144. The second-order valence-corrected chi connectivity index (χ2v) is 5.54. The number of hydrogen-bond donors (Lipinski definition) is 1. The van der Waals surface area contributed by atoms with Gasteiger partial charge in [-0.3, -0.25) is 14.6 Å². The molecule has 0 saturated carbocycles. The first-order valence-corrected chi connectivity index (χ1v) is 7.56. The molecule has 1 fully saturated rings. The number of carboxylic acid groups (broad SMARTS) is 1. The molecule has 0 aromatic heterocycles. The molecule has 1 heterocycles. The van der Waals surface area contributed by atoms with E-state index in [1.54, 1.807) is 6.07 Å². The molecule has 0 aliphatic carbocycles. The average Bonchev–Trinajstić information content (AvgIpc) is 2.49. The monoisotopic (exact) mass is 310 g/mol. The van der Waals surface area contributed by atoms with Crippen molar-refractivity contribution in [1.82, 2.24) is 9.80 Å². The summed E-state index contributed by atoms with van der Waals surface area (Å²) in [6.07, 6.45) is 0.610. The van der Waals surface area contributed by atoms with Crippen LogP contribution in [0.15, 0.2) is 18.2 Å². The van der Waals surface area contributed by atoms with Crippen molar-refractivity contribution in [3.63, 3.8) is 0 Å². The Balaban J connectivity index is 1.89. The van der Waals surface area contributed by atoms with Crippen LogP contribution in [0, 0.1) is 5.82 Å². The second-order valence-electron chi connectivity index (χ2n) is 5.54. The summed E-state index contributed by atoms with van der Waals surface area (Å²) in [5, 5.41) is 9.20. The Morgan fingerprint density at radius 1 is 1.36 bits per heavy atom. The van der Waals surface area contributed by atoms with Crippen LogP contribution in [-0.2, 0) is 11.3 Å². The van der Waals surface area contributed by atoms with Gasteiger partial charge in [-0.15, -0.1) is 0 Å². The smallest absolute Gasteiger partial charge is 0.320 e. The summed E-state index contributed by atoms with van der Waals surface area (Å²) < 4.78 is 18.6. The van der Waals surface area contributed by atoms with E-state index in [1.165, 1.54) is 13.2 Å². The number of benzene rings is 1. The fraction of sp³-hybridized carbons (Fsp3) is 0.562. The van der Waals surface area contributed by atoms with Crippen molar-refractivity contribution in [3.8, 4) is 5.75 Å². The predicted octanol–water partition coefficient (Wildman–Crippen LogP) is 1.82. The van der Waals surface area contributed by atoms with Crippen LogP contribution >= 0.6 is 0 Å². The minimum atomic E-state index is -0.756. The Kier molecular flexibility index (Phi) is 5.74. The highest BCUT2D eigenvalue weighted by Gasteiger charge is 2.27. The van der Waals surface area contributed by atoms with E-state index < -0.39 is 12.0 Å². The third kappa shape index (κ3) is 3.96. The first-order chi connectivity index (χ1) is 10.5. The van der Waals surface area contributed by atoms with Gasteiger partial charge in [0.2, 0.25) is 0 Å². The van der Waals surface area contributed by atoms with Crippen molar-refractivity contribution in [2.75, 3.05) is 33.3 Å². The van der Waals surface area contributed by atoms with Crippen LogP contribution in [0.2, 0.25) is 0 Å². The summed E-state index contributed by atoms with van der Waals surface area (Å²) in [5.74, 6) is -0.857. The van der Waals surface area contributed by atoms with Crippen molar-refractivity contribution in [1.29, 1.82) is 0 Å². The molecule has 1 aliphatic rings. The van der Waals surface area contributed by atoms with Gasteiger partial charge in [-0.1, -0.05) is 13.0 Å². The molecular formula is C16H23FN2O3. The van der Waals surface area contributed by atoms with E-state index in [2.05, 4.69) is 4.90 Å². The lowest BCUT2D eigenvalue weighted by Gasteiger charge is -2.37. The maximum atomic E-state index is 13.7. The zero-order chi connectivity index (χ0) is 16.1. The van der Waals surface area contributed by atoms with Crippen LogP contribution in [-0.4, -0.2) is 60.2 Å². The van der Waals surface area contributed by atoms with Gasteiger partial charge in [0.25, 0.3) is 0 Å². The number of carboxylic acids is 1. The van der Waals surface area contributed by atoms with E-state index in [9.17, 15) is 14.3 Å². The molecular weight excluding hydrogens is 287 g/mol. The standard InChI is InChI=1S/C16H23FN2O3/c1-3-14(16(20)21)19-8-6-18(7-9-19)11-12-4-5-15(22-2)13(17)10-12/h4-5,10,14H,3,6-9,11H2,1-2H3,(H,20,21). The largest absolute Gasteiger partial charge is 0.494 e. The third-order valence-electron chi connectivity index (χ3n) is 4.14. The van der Waals surface area contributed by atoms with Crippen LogP contribution in [0.25, 0.3) is 0 Å². The molecule has 0 amide bonds. The molecule has 0 spiro atoms. The molecule has 122 valence electrons. The molecule has 5 nitrogen and oxygen atoms in total. The number of aliphatic carboxylic acids is 1. The fourth-order valence-electron chi connectivity index (χ4n) is 2.89. The van der Waals surface area contributed by atoms with Crippen molar-refractivity contribution in [3.05, 3.63) is 29.6 Å². The topological polar surface area (TPSA) is 53.0 Å². The normalized spacial score (nSPS) is 18.1. The van der Waals surface area contributed by atoms with Gasteiger partial charge in [0, 0.05) is 32.7 Å². The Morgan fingerprint density at radius 3 is 2.55 bits per heavy atom. The molecule has 1 N–H and O–H groups in total. The van der Waals surface area contributed by atoms with E-state index in [-0.39, 0.29) is 11.6 Å². The molecule has 6 heteroatoms.